The van der Waals surface area contributed by atoms with Gasteiger partial charge in [0.05, 0.1) is 5.57 Å². The fourth-order valence-corrected chi connectivity index (χ4v) is 0.376. The summed E-state index contributed by atoms with van der Waals surface area (Å²) >= 11 is 0. The first kappa shape index (κ1) is 8.07. The maximum absolute atomic E-state index is 11.6. The van der Waals surface area contributed by atoms with Gasteiger partial charge in [-0.15, -0.1) is 0 Å². The molecule has 0 aliphatic carbocycles. The van der Waals surface area contributed by atoms with Crippen molar-refractivity contribution < 1.29 is 13.6 Å². The van der Waals surface area contributed by atoms with E-state index in [-0.39, 0.29) is 0 Å². The smallest absolute Gasteiger partial charge is 0.268 e. The molecule has 52 valence electrons. The Kier molecular flexibility index (Phi) is 2.84. The van der Waals surface area contributed by atoms with Crippen molar-refractivity contribution in [2.45, 2.75) is 13.3 Å². The number of carbonyl (C=O) groups is 1. The summed E-state index contributed by atoms with van der Waals surface area (Å²) in [6, 6.07) is 0. The topological polar surface area (TPSA) is 43.1 Å². The lowest BCUT2D eigenvalue weighted by Gasteiger charge is -1.97. The van der Waals surface area contributed by atoms with Gasteiger partial charge in [0.1, 0.15) is 0 Å². The van der Waals surface area contributed by atoms with Crippen molar-refractivity contribution >= 4 is 5.91 Å². The minimum absolute atomic E-state index is 0.630. The van der Waals surface area contributed by atoms with Crippen LogP contribution in [0.4, 0.5) is 8.78 Å². The van der Waals surface area contributed by atoms with E-state index in [0.29, 0.717) is 0 Å². The van der Waals surface area contributed by atoms with E-state index in [1.165, 1.54) is 6.92 Å². The van der Waals surface area contributed by atoms with Gasteiger partial charge in [0.2, 0.25) is 5.91 Å². The molecule has 0 fully saturated rings. The van der Waals surface area contributed by atoms with Crippen LogP contribution in [0.2, 0.25) is 0 Å². The molecule has 0 aromatic rings. The number of rotatable bonds is 2. The van der Waals surface area contributed by atoms with Crippen LogP contribution >= 0.6 is 0 Å². The van der Waals surface area contributed by atoms with E-state index in [1.807, 2.05) is 0 Å². The highest BCUT2D eigenvalue weighted by Gasteiger charge is 2.14. The Morgan fingerprint density at radius 2 is 2.11 bits per heavy atom. The quantitative estimate of drug-likeness (QED) is 0.556. The Balaban J connectivity index is 4.19. The minimum Gasteiger partial charge on any atom is -0.366 e. The van der Waals surface area contributed by atoms with Crippen LogP contribution in [0.1, 0.15) is 6.92 Å². The molecule has 0 atom stereocenters. The predicted molar refractivity (Wildman–Crippen MR) is 29.0 cm³/mol. The molecule has 9 heavy (non-hydrogen) atoms. The summed E-state index contributed by atoms with van der Waals surface area (Å²) in [4.78, 5) is 10.0. The molecule has 0 aromatic heterocycles. The summed E-state index contributed by atoms with van der Waals surface area (Å²) in [5.41, 5.74) is 3.93. The first-order valence-electron chi connectivity index (χ1n) is 2.33. The minimum atomic E-state index is -2.76. The fourth-order valence-electron chi connectivity index (χ4n) is 0.376. The molecule has 0 radical (unpaired) electrons. The van der Waals surface area contributed by atoms with Crippen LogP contribution in [0.15, 0.2) is 11.6 Å². The Morgan fingerprint density at radius 3 is 2.11 bits per heavy atom. The van der Waals surface area contributed by atoms with Crippen molar-refractivity contribution in [2.24, 2.45) is 5.73 Å². The highest BCUT2D eigenvalue weighted by atomic mass is 19.3. The number of nitrogens with two attached hydrogens (primary N) is 1. The zero-order chi connectivity index (χ0) is 7.44. The number of allylic oxidation sites excluding steroid dienone is 1. The molecule has 2 nitrogen and oxygen atoms in total. The zero-order valence-corrected chi connectivity index (χ0v) is 4.90. The lowest BCUT2D eigenvalue weighted by Crippen LogP contribution is -2.18. The first-order chi connectivity index (χ1) is 4.09. The average molecular weight is 135 g/mol. The third-order valence-corrected chi connectivity index (χ3v) is 0.831. The Morgan fingerprint density at radius 1 is 1.67 bits per heavy atom. The number of primary amides is 1. The van der Waals surface area contributed by atoms with Gasteiger partial charge in [-0.1, -0.05) is 6.08 Å². The van der Waals surface area contributed by atoms with Crippen LogP contribution < -0.4 is 5.73 Å². The molecule has 0 aliphatic rings. The summed E-state index contributed by atoms with van der Waals surface area (Å²) in [5.74, 6) is -1.06. The van der Waals surface area contributed by atoms with E-state index >= 15 is 0 Å². The third kappa shape index (κ3) is 2.21. The van der Waals surface area contributed by atoms with E-state index in [2.05, 4.69) is 5.73 Å². The standard InChI is InChI=1S/C5H7F2NO/c1-2-3(4(6)7)5(8)9/h2,4H,1H3,(H2,8,9)/b3-2+. The maximum atomic E-state index is 11.6. The second kappa shape index (κ2) is 3.17. The molecule has 0 unspecified atom stereocenters. The number of hydrogen-bond donors (Lipinski definition) is 1. The molecule has 0 rings (SSSR count). The lowest BCUT2D eigenvalue weighted by atomic mass is 10.2. The Labute approximate surface area is 51.3 Å². The van der Waals surface area contributed by atoms with Gasteiger partial charge in [0.15, 0.2) is 0 Å². The lowest BCUT2D eigenvalue weighted by molar-refractivity contribution is -0.115. The van der Waals surface area contributed by atoms with E-state index in [1.54, 1.807) is 0 Å². The van der Waals surface area contributed by atoms with Gasteiger partial charge >= 0.3 is 0 Å². The molecule has 4 heteroatoms. The maximum Gasteiger partial charge on any atom is 0.268 e. The molecule has 1 amide bonds. The molecular formula is C5H7F2NO. The van der Waals surface area contributed by atoms with Crippen LogP contribution in [0.25, 0.3) is 0 Å². The summed E-state index contributed by atoms with van der Waals surface area (Å²) in [7, 11) is 0. The molecular weight excluding hydrogens is 128 g/mol. The molecule has 0 saturated carbocycles. The van der Waals surface area contributed by atoms with Crippen LogP contribution in [0.3, 0.4) is 0 Å². The largest absolute Gasteiger partial charge is 0.366 e. The van der Waals surface area contributed by atoms with Gasteiger partial charge in [-0.25, -0.2) is 8.78 Å². The van der Waals surface area contributed by atoms with Gasteiger partial charge in [0, 0.05) is 0 Å². The van der Waals surface area contributed by atoms with Crippen LogP contribution in [-0.4, -0.2) is 12.3 Å². The molecule has 0 saturated heterocycles. The molecule has 0 aliphatic heterocycles. The SMILES string of the molecule is C/C=C(/C(N)=O)C(F)F. The van der Waals surface area contributed by atoms with Crippen molar-refractivity contribution in [1.29, 1.82) is 0 Å². The first-order valence-corrected chi connectivity index (χ1v) is 2.33. The normalized spacial score (nSPS) is 12.2. The third-order valence-electron chi connectivity index (χ3n) is 0.831. The number of halogens is 2. The van der Waals surface area contributed by atoms with E-state index in [9.17, 15) is 13.6 Å². The summed E-state index contributed by atoms with van der Waals surface area (Å²) in [6.07, 6.45) is -1.75. The number of hydrogen-bond acceptors (Lipinski definition) is 1. The van der Waals surface area contributed by atoms with Crippen LogP contribution in [0.5, 0.6) is 0 Å². The van der Waals surface area contributed by atoms with Crippen LogP contribution in [-0.2, 0) is 4.79 Å². The second-order valence-electron chi connectivity index (χ2n) is 1.41. The molecule has 0 heterocycles. The van der Waals surface area contributed by atoms with Gasteiger partial charge < -0.3 is 5.73 Å². The summed E-state index contributed by atoms with van der Waals surface area (Å²) < 4.78 is 23.2. The number of alkyl halides is 2. The summed E-state index contributed by atoms with van der Waals surface area (Å²) in [6.45, 7) is 1.34. The number of carbonyl (C=O) groups excluding carboxylic acids is 1. The van der Waals surface area contributed by atoms with Gasteiger partial charge in [-0.3, -0.25) is 4.79 Å². The molecule has 2 N–H and O–H groups in total. The molecule has 0 aromatic carbocycles. The molecule has 0 spiro atoms. The van der Waals surface area contributed by atoms with E-state index in [0.717, 1.165) is 6.08 Å². The predicted octanol–water partition coefficient (Wildman–Crippen LogP) is 0.683. The summed E-state index contributed by atoms with van der Waals surface area (Å²) in [5, 5.41) is 0. The highest BCUT2D eigenvalue weighted by Crippen LogP contribution is 2.06. The van der Waals surface area contributed by atoms with Gasteiger partial charge in [-0.2, -0.15) is 0 Å². The second-order valence-corrected chi connectivity index (χ2v) is 1.41. The van der Waals surface area contributed by atoms with Gasteiger partial charge in [-0.05, 0) is 6.92 Å². The van der Waals surface area contributed by atoms with Crippen molar-refractivity contribution in [2.75, 3.05) is 0 Å². The van der Waals surface area contributed by atoms with Crippen molar-refractivity contribution in [1.82, 2.24) is 0 Å². The van der Waals surface area contributed by atoms with E-state index < -0.39 is 17.9 Å². The van der Waals surface area contributed by atoms with Crippen molar-refractivity contribution in [3.05, 3.63) is 11.6 Å². The van der Waals surface area contributed by atoms with Crippen molar-refractivity contribution in [3.8, 4) is 0 Å². The van der Waals surface area contributed by atoms with E-state index in [4.69, 9.17) is 0 Å². The van der Waals surface area contributed by atoms with Crippen LogP contribution in [0, 0.1) is 0 Å². The average Bonchev–Trinajstić information content (AvgIpc) is 1.64. The number of amides is 1. The fraction of sp³-hybridized carbons (Fsp3) is 0.400. The monoisotopic (exact) mass is 135 g/mol. The zero-order valence-electron chi connectivity index (χ0n) is 4.90. The Hall–Kier alpha value is -0.930. The highest BCUT2D eigenvalue weighted by molar-refractivity contribution is 5.92. The van der Waals surface area contributed by atoms with Crippen molar-refractivity contribution in [3.63, 3.8) is 0 Å². The van der Waals surface area contributed by atoms with Gasteiger partial charge in [0.25, 0.3) is 6.43 Å². The molecule has 0 bridgehead atoms. The Bertz CT molecular complexity index is 142.